The molecule has 0 atom stereocenters. The second-order valence-corrected chi connectivity index (χ2v) is 5.98. The number of nitrogens with zero attached hydrogens (tertiary/aromatic N) is 3. The molecule has 0 spiro atoms. The van der Waals surface area contributed by atoms with Gasteiger partial charge in [-0.05, 0) is 42.1 Å². The molecule has 120 valence electrons. The summed E-state index contributed by atoms with van der Waals surface area (Å²) in [5.41, 5.74) is 3.06. The molecule has 1 fully saturated rings. The van der Waals surface area contributed by atoms with Crippen molar-refractivity contribution in [1.82, 2.24) is 4.98 Å². The number of fused-ring (bicyclic) bond motifs is 1. The molecule has 1 aromatic carbocycles. The Morgan fingerprint density at radius 3 is 2.92 bits per heavy atom. The quantitative estimate of drug-likeness (QED) is 0.865. The van der Waals surface area contributed by atoms with Gasteiger partial charge in [0.25, 0.3) is 0 Å². The van der Waals surface area contributed by atoms with Gasteiger partial charge in [0.15, 0.2) is 0 Å². The highest BCUT2D eigenvalue weighted by Gasteiger charge is 2.27. The van der Waals surface area contributed by atoms with Gasteiger partial charge >= 0.3 is 7.12 Å². The summed E-state index contributed by atoms with van der Waals surface area (Å²) in [6, 6.07) is 9.42. The maximum absolute atomic E-state index is 9.69. The summed E-state index contributed by atoms with van der Waals surface area (Å²) in [6.07, 6.45) is 3.78. The van der Waals surface area contributed by atoms with Gasteiger partial charge in [0.2, 0.25) is 5.88 Å². The molecular formula is C17H16BN3O3. The van der Waals surface area contributed by atoms with E-state index < -0.39 is 7.12 Å². The maximum Gasteiger partial charge on any atom is 0.491 e. The number of nitriles is 1. The number of rotatable bonds is 3. The van der Waals surface area contributed by atoms with Crippen LogP contribution in [0.2, 0.25) is 0 Å². The molecule has 2 aliphatic rings. The molecule has 4 rings (SSSR count). The van der Waals surface area contributed by atoms with Crippen LogP contribution >= 0.6 is 0 Å². The Morgan fingerprint density at radius 1 is 1.29 bits per heavy atom. The summed E-state index contributed by atoms with van der Waals surface area (Å²) in [4.78, 5) is 6.53. The van der Waals surface area contributed by atoms with E-state index in [1.54, 1.807) is 6.07 Å². The van der Waals surface area contributed by atoms with Crippen molar-refractivity contribution in [3.63, 3.8) is 0 Å². The first-order chi connectivity index (χ1) is 11.7. The minimum absolute atomic E-state index is 0.369. The van der Waals surface area contributed by atoms with Gasteiger partial charge in [-0.2, -0.15) is 5.26 Å². The van der Waals surface area contributed by atoms with E-state index >= 15 is 0 Å². The van der Waals surface area contributed by atoms with Crippen LogP contribution < -0.4 is 15.1 Å². The van der Waals surface area contributed by atoms with Crippen LogP contribution in [0.5, 0.6) is 11.6 Å². The summed E-state index contributed by atoms with van der Waals surface area (Å²) >= 11 is 0. The zero-order chi connectivity index (χ0) is 16.5. The average molecular weight is 321 g/mol. The highest BCUT2D eigenvalue weighted by atomic mass is 16.5. The molecule has 0 aliphatic carbocycles. The van der Waals surface area contributed by atoms with Crippen molar-refractivity contribution < 1.29 is 14.4 Å². The van der Waals surface area contributed by atoms with E-state index in [0.29, 0.717) is 23.8 Å². The topological polar surface area (TPSA) is 78.6 Å². The second-order valence-electron chi connectivity index (χ2n) is 5.98. The number of hydrogen-bond acceptors (Lipinski definition) is 6. The van der Waals surface area contributed by atoms with Crippen LogP contribution in [0.15, 0.2) is 30.5 Å². The van der Waals surface area contributed by atoms with Crippen LogP contribution in [0.3, 0.4) is 0 Å². The third-order valence-electron chi connectivity index (χ3n) is 4.40. The zero-order valence-corrected chi connectivity index (χ0v) is 13.1. The summed E-state index contributed by atoms with van der Waals surface area (Å²) in [5.74, 6) is 1.14. The van der Waals surface area contributed by atoms with Gasteiger partial charge in [-0.15, -0.1) is 0 Å². The van der Waals surface area contributed by atoms with Crippen molar-refractivity contribution in [2.24, 2.45) is 0 Å². The van der Waals surface area contributed by atoms with Crippen LogP contribution in [0, 0.1) is 11.3 Å². The molecule has 1 saturated heterocycles. The van der Waals surface area contributed by atoms with Crippen LogP contribution in [0.1, 0.15) is 24.0 Å². The van der Waals surface area contributed by atoms with Gasteiger partial charge < -0.3 is 19.3 Å². The fraction of sp³-hybridized carbons (Fsp3) is 0.294. The molecule has 1 N–H and O–H groups in total. The summed E-state index contributed by atoms with van der Waals surface area (Å²) in [5, 5.41) is 18.8. The molecular weight excluding hydrogens is 305 g/mol. The predicted molar refractivity (Wildman–Crippen MR) is 89.3 cm³/mol. The summed E-state index contributed by atoms with van der Waals surface area (Å²) in [7, 11) is -0.859. The van der Waals surface area contributed by atoms with Crippen LogP contribution in [0.25, 0.3) is 0 Å². The number of ether oxygens (including phenoxy) is 1. The number of aromatic nitrogens is 1. The minimum atomic E-state index is -0.859. The Morgan fingerprint density at radius 2 is 2.12 bits per heavy atom. The lowest BCUT2D eigenvalue weighted by molar-refractivity contribution is 0.275. The third kappa shape index (κ3) is 2.71. The van der Waals surface area contributed by atoms with Crippen LogP contribution in [-0.4, -0.2) is 30.2 Å². The van der Waals surface area contributed by atoms with E-state index in [1.165, 1.54) is 6.20 Å². The lowest BCUT2D eigenvalue weighted by Crippen LogP contribution is -2.27. The first kappa shape index (κ1) is 15.0. The molecule has 0 amide bonds. The fourth-order valence-electron chi connectivity index (χ4n) is 3.15. The molecule has 7 heteroatoms. The van der Waals surface area contributed by atoms with Gasteiger partial charge in [-0.1, -0.05) is 6.07 Å². The van der Waals surface area contributed by atoms with E-state index in [4.69, 9.17) is 14.7 Å². The Bertz CT molecular complexity index is 815. The lowest BCUT2D eigenvalue weighted by Gasteiger charge is -2.20. The number of pyridine rings is 1. The lowest BCUT2D eigenvalue weighted by atomic mass is 9.80. The third-order valence-corrected chi connectivity index (χ3v) is 4.40. The van der Waals surface area contributed by atoms with Gasteiger partial charge in [0, 0.05) is 19.3 Å². The monoisotopic (exact) mass is 321 g/mol. The molecule has 0 bridgehead atoms. The van der Waals surface area contributed by atoms with E-state index in [1.807, 2.05) is 18.2 Å². The first-order valence-electron chi connectivity index (χ1n) is 8.00. The molecule has 2 aliphatic heterocycles. The SMILES string of the molecule is N#Cc1cnc(Oc2ccc3c(c2)COB3O)c(N2CCCC2)c1. The van der Waals surface area contributed by atoms with E-state index in [9.17, 15) is 5.02 Å². The Balaban J connectivity index is 1.66. The normalized spacial score (nSPS) is 16.2. The van der Waals surface area contributed by atoms with E-state index in [0.717, 1.165) is 42.6 Å². The highest BCUT2D eigenvalue weighted by molar-refractivity contribution is 6.61. The largest absolute Gasteiger partial charge is 0.491 e. The molecule has 2 aromatic rings. The van der Waals surface area contributed by atoms with E-state index in [-0.39, 0.29) is 0 Å². The molecule has 3 heterocycles. The Kier molecular flexibility index (Phi) is 3.85. The van der Waals surface area contributed by atoms with Crippen molar-refractivity contribution in [3.8, 4) is 17.7 Å². The van der Waals surface area contributed by atoms with Crippen molar-refractivity contribution in [2.45, 2.75) is 19.4 Å². The van der Waals surface area contributed by atoms with Crippen molar-refractivity contribution in [1.29, 1.82) is 5.26 Å². The number of anilines is 1. The van der Waals surface area contributed by atoms with Crippen molar-refractivity contribution in [3.05, 3.63) is 41.6 Å². The molecule has 6 nitrogen and oxygen atoms in total. The molecule has 1 aromatic heterocycles. The fourth-order valence-corrected chi connectivity index (χ4v) is 3.15. The summed E-state index contributed by atoms with van der Waals surface area (Å²) in [6.45, 7) is 2.25. The van der Waals surface area contributed by atoms with Gasteiger partial charge in [-0.25, -0.2) is 4.98 Å². The second kappa shape index (κ2) is 6.15. The van der Waals surface area contributed by atoms with E-state index in [2.05, 4.69) is 16.0 Å². The Labute approximate surface area is 140 Å². The van der Waals surface area contributed by atoms with Gasteiger partial charge in [-0.3, -0.25) is 0 Å². The van der Waals surface area contributed by atoms with Crippen LogP contribution in [-0.2, 0) is 11.3 Å². The van der Waals surface area contributed by atoms with Crippen molar-refractivity contribution in [2.75, 3.05) is 18.0 Å². The molecule has 24 heavy (non-hydrogen) atoms. The zero-order valence-electron chi connectivity index (χ0n) is 13.1. The maximum atomic E-state index is 9.69. The molecule has 0 unspecified atom stereocenters. The smallest absolute Gasteiger partial charge is 0.437 e. The van der Waals surface area contributed by atoms with Crippen LogP contribution in [0.4, 0.5) is 5.69 Å². The van der Waals surface area contributed by atoms with Crippen molar-refractivity contribution >= 4 is 18.3 Å². The molecule has 0 radical (unpaired) electrons. The predicted octanol–water partition coefficient (Wildman–Crippen LogP) is 1.56. The summed E-state index contributed by atoms with van der Waals surface area (Å²) < 4.78 is 11.2. The Hall–Kier alpha value is -2.56. The number of hydrogen-bond donors (Lipinski definition) is 1. The number of benzene rings is 1. The van der Waals surface area contributed by atoms with Gasteiger partial charge in [0.1, 0.15) is 17.5 Å². The van der Waals surface area contributed by atoms with Gasteiger partial charge in [0.05, 0.1) is 12.2 Å². The standard InChI is InChI=1S/C17H16BN3O3/c19-9-12-7-16(21-5-1-2-6-21)17(20-10-12)24-14-3-4-15-13(8-14)11-23-18(15)22/h3-4,7-8,10,22H,1-2,5-6,11H2. The first-order valence-corrected chi connectivity index (χ1v) is 8.00. The molecule has 0 saturated carbocycles. The minimum Gasteiger partial charge on any atom is -0.437 e. The average Bonchev–Trinajstić information content (AvgIpc) is 3.26. The highest BCUT2D eigenvalue weighted by Crippen LogP contribution is 2.33.